The number of hydrogen-bond donors (Lipinski definition) is 1. The normalized spacial score (nSPS) is 17.7. The van der Waals surface area contributed by atoms with Crippen LogP contribution in [0.25, 0.3) is 0 Å². The molecule has 26 heavy (non-hydrogen) atoms. The molecule has 1 fully saturated rings. The molecule has 0 spiro atoms. The number of rotatable bonds is 5. The van der Waals surface area contributed by atoms with Gasteiger partial charge in [-0.1, -0.05) is 6.07 Å². The lowest BCUT2D eigenvalue weighted by molar-refractivity contribution is -0.130. The molecule has 1 amide bonds. The van der Waals surface area contributed by atoms with Gasteiger partial charge < -0.3 is 10.2 Å². The first-order chi connectivity index (χ1) is 12.5. The van der Waals surface area contributed by atoms with Gasteiger partial charge in [-0.3, -0.25) is 14.7 Å². The fraction of sp³-hybridized carbons (Fsp3) is 0.474. The third-order valence-corrected chi connectivity index (χ3v) is 4.60. The van der Waals surface area contributed by atoms with Gasteiger partial charge in [-0.25, -0.2) is 9.97 Å². The zero-order chi connectivity index (χ0) is 18.5. The molecule has 0 saturated carbocycles. The van der Waals surface area contributed by atoms with Crippen molar-refractivity contribution in [3.05, 3.63) is 42.0 Å². The number of nitrogens with one attached hydrogen (secondary N) is 1. The van der Waals surface area contributed by atoms with Crippen LogP contribution in [-0.4, -0.2) is 64.4 Å². The molecule has 138 valence electrons. The third-order valence-electron chi connectivity index (χ3n) is 4.60. The number of carbonyl (C=O) groups excluding carboxylic acids is 1. The monoisotopic (exact) mass is 354 g/mol. The Kier molecular flexibility index (Phi) is 5.78. The van der Waals surface area contributed by atoms with Crippen molar-refractivity contribution in [1.82, 2.24) is 24.8 Å². The van der Waals surface area contributed by atoms with Gasteiger partial charge >= 0.3 is 0 Å². The molecular formula is C19H26N6O. The lowest BCUT2D eigenvalue weighted by Crippen LogP contribution is -2.41. The second-order valence-electron chi connectivity index (χ2n) is 6.98. The molecule has 2 aromatic heterocycles. The number of anilines is 2. The fourth-order valence-electron chi connectivity index (χ4n) is 3.13. The number of likely N-dealkylation sites (tertiary alicyclic amines) is 1. The van der Waals surface area contributed by atoms with Crippen molar-refractivity contribution < 1.29 is 4.79 Å². The summed E-state index contributed by atoms with van der Waals surface area (Å²) in [6.45, 7) is 4.23. The lowest BCUT2D eigenvalue weighted by Gasteiger charge is -2.32. The van der Waals surface area contributed by atoms with E-state index in [2.05, 4.69) is 25.2 Å². The number of aryl methyl sites for hydroxylation is 1. The summed E-state index contributed by atoms with van der Waals surface area (Å²) in [4.78, 5) is 29.3. The van der Waals surface area contributed by atoms with E-state index >= 15 is 0 Å². The maximum absolute atomic E-state index is 11.9. The number of amides is 1. The average molecular weight is 354 g/mol. The van der Waals surface area contributed by atoms with Crippen molar-refractivity contribution in [2.24, 2.45) is 0 Å². The number of nitrogens with zero attached hydrogens (tertiary/aromatic N) is 5. The van der Waals surface area contributed by atoms with Gasteiger partial charge in [0.2, 0.25) is 5.91 Å². The van der Waals surface area contributed by atoms with Gasteiger partial charge in [0.15, 0.2) is 0 Å². The first kappa shape index (κ1) is 18.3. The molecule has 3 rings (SSSR count). The number of piperidine rings is 1. The largest absolute Gasteiger partial charge is 0.348 e. The summed E-state index contributed by atoms with van der Waals surface area (Å²) in [7, 11) is 3.59. The zero-order valence-electron chi connectivity index (χ0n) is 15.6. The summed E-state index contributed by atoms with van der Waals surface area (Å²) >= 11 is 0. The quantitative estimate of drug-likeness (QED) is 0.887. The summed E-state index contributed by atoms with van der Waals surface area (Å²) in [5, 5.41) is 3.18. The summed E-state index contributed by atoms with van der Waals surface area (Å²) in [5.41, 5.74) is 1.93. The second kappa shape index (κ2) is 8.23. The highest BCUT2D eigenvalue weighted by molar-refractivity contribution is 5.77. The van der Waals surface area contributed by atoms with E-state index in [0.29, 0.717) is 18.3 Å². The molecule has 0 bridgehead atoms. The Balaban J connectivity index is 1.61. The predicted octanol–water partition coefficient (Wildman–Crippen LogP) is 2.19. The molecule has 7 heteroatoms. The molecular weight excluding hydrogens is 328 g/mol. The van der Waals surface area contributed by atoms with E-state index < -0.39 is 0 Å². The molecule has 1 atom stereocenters. The van der Waals surface area contributed by atoms with E-state index in [-0.39, 0.29) is 5.91 Å². The van der Waals surface area contributed by atoms with Gasteiger partial charge in [0.1, 0.15) is 11.6 Å². The summed E-state index contributed by atoms with van der Waals surface area (Å²) in [6, 6.07) is 5.82. The second-order valence-corrected chi connectivity index (χ2v) is 6.98. The van der Waals surface area contributed by atoms with Crippen LogP contribution in [-0.2, 0) is 4.79 Å². The van der Waals surface area contributed by atoms with Crippen molar-refractivity contribution >= 4 is 17.5 Å². The first-order valence-electron chi connectivity index (χ1n) is 8.96. The fourth-order valence-corrected chi connectivity index (χ4v) is 3.13. The van der Waals surface area contributed by atoms with Crippen LogP contribution in [0.4, 0.5) is 11.6 Å². The van der Waals surface area contributed by atoms with E-state index in [1.54, 1.807) is 25.2 Å². The van der Waals surface area contributed by atoms with Gasteiger partial charge in [0.05, 0.1) is 24.6 Å². The highest BCUT2D eigenvalue weighted by atomic mass is 16.2. The van der Waals surface area contributed by atoms with Crippen LogP contribution in [0.15, 0.2) is 30.6 Å². The van der Waals surface area contributed by atoms with Crippen LogP contribution in [0, 0.1) is 6.92 Å². The minimum absolute atomic E-state index is 0.141. The molecule has 0 aliphatic carbocycles. The van der Waals surface area contributed by atoms with Crippen molar-refractivity contribution in [1.29, 1.82) is 0 Å². The average Bonchev–Trinajstić information content (AvgIpc) is 2.62. The van der Waals surface area contributed by atoms with E-state index in [1.807, 2.05) is 31.3 Å². The highest BCUT2D eigenvalue weighted by Gasteiger charge is 2.24. The smallest absolute Gasteiger partial charge is 0.236 e. The summed E-state index contributed by atoms with van der Waals surface area (Å²) in [6.07, 6.45) is 5.73. The topological polar surface area (TPSA) is 74.2 Å². The van der Waals surface area contributed by atoms with E-state index in [1.165, 1.54) is 0 Å². The molecule has 0 radical (unpaired) electrons. The Hall–Kier alpha value is -2.54. The Morgan fingerprint density at radius 3 is 2.81 bits per heavy atom. The standard InChI is InChI=1S/C19H26N6O/c1-14-6-4-8-17(22-14)23-18-11-20-16(10-21-18)15-7-5-9-25(12-15)13-19(26)24(2)3/h4,6,8,10-11,15H,5,7,9,12-13H2,1-3H3,(H,21,22,23). The summed E-state index contributed by atoms with van der Waals surface area (Å²) < 4.78 is 0. The van der Waals surface area contributed by atoms with Gasteiger partial charge in [0, 0.05) is 32.3 Å². The summed E-state index contributed by atoms with van der Waals surface area (Å²) in [5.74, 6) is 1.90. The molecule has 1 saturated heterocycles. The SMILES string of the molecule is Cc1cccc(Nc2cnc(C3CCCN(CC(=O)N(C)C)C3)cn2)n1. The Morgan fingerprint density at radius 1 is 1.27 bits per heavy atom. The van der Waals surface area contributed by atoms with Crippen LogP contribution in [0.1, 0.15) is 30.1 Å². The molecule has 1 unspecified atom stereocenters. The molecule has 3 heterocycles. The van der Waals surface area contributed by atoms with E-state index in [9.17, 15) is 4.79 Å². The Morgan fingerprint density at radius 2 is 2.12 bits per heavy atom. The Labute approximate surface area is 154 Å². The number of hydrogen-bond acceptors (Lipinski definition) is 6. The van der Waals surface area contributed by atoms with Crippen LogP contribution in [0.5, 0.6) is 0 Å². The maximum atomic E-state index is 11.9. The number of pyridine rings is 1. The minimum Gasteiger partial charge on any atom is -0.348 e. The molecule has 2 aromatic rings. The number of aromatic nitrogens is 3. The zero-order valence-corrected chi connectivity index (χ0v) is 15.6. The van der Waals surface area contributed by atoms with E-state index in [0.717, 1.165) is 43.1 Å². The van der Waals surface area contributed by atoms with Crippen molar-refractivity contribution in [2.75, 3.05) is 39.0 Å². The van der Waals surface area contributed by atoms with E-state index in [4.69, 9.17) is 0 Å². The van der Waals surface area contributed by atoms with Gasteiger partial charge in [0.25, 0.3) is 0 Å². The molecule has 1 aliphatic heterocycles. The van der Waals surface area contributed by atoms with Crippen LogP contribution >= 0.6 is 0 Å². The van der Waals surface area contributed by atoms with Gasteiger partial charge in [-0.2, -0.15) is 0 Å². The predicted molar refractivity (Wildman–Crippen MR) is 101 cm³/mol. The molecule has 1 N–H and O–H groups in total. The van der Waals surface area contributed by atoms with Crippen molar-refractivity contribution in [3.63, 3.8) is 0 Å². The van der Waals surface area contributed by atoms with Gasteiger partial charge in [-0.15, -0.1) is 0 Å². The molecule has 0 aromatic carbocycles. The van der Waals surface area contributed by atoms with Crippen molar-refractivity contribution in [3.8, 4) is 0 Å². The lowest BCUT2D eigenvalue weighted by atomic mass is 9.95. The first-order valence-corrected chi connectivity index (χ1v) is 8.96. The van der Waals surface area contributed by atoms with Crippen molar-refractivity contribution in [2.45, 2.75) is 25.7 Å². The Bertz CT molecular complexity index is 746. The number of likely N-dealkylation sites (N-methyl/N-ethyl adjacent to an activating group) is 1. The molecule has 1 aliphatic rings. The maximum Gasteiger partial charge on any atom is 0.236 e. The molecule has 7 nitrogen and oxygen atoms in total. The van der Waals surface area contributed by atoms with Crippen LogP contribution in [0.2, 0.25) is 0 Å². The highest BCUT2D eigenvalue weighted by Crippen LogP contribution is 2.25. The van der Waals surface area contributed by atoms with Gasteiger partial charge in [-0.05, 0) is 38.4 Å². The number of carbonyl (C=O) groups is 1. The third kappa shape index (κ3) is 4.76. The van der Waals surface area contributed by atoms with Crippen LogP contribution in [0.3, 0.4) is 0 Å². The van der Waals surface area contributed by atoms with Crippen LogP contribution < -0.4 is 5.32 Å². The minimum atomic E-state index is 0.141.